The van der Waals surface area contributed by atoms with Gasteiger partial charge in [-0.2, -0.15) is 0 Å². The van der Waals surface area contributed by atoms with E-state index in [1.807, 2.05) is 0 Å². The number of carbonyl (C=O) groups is 4. The van der Waals surface area contributed by atoms with Crippen LogP contribution in [0.4, 0.5) is 9.59 Å². The molecule has 0 heterocycles. The number of nitrogens with one attached hydrogen (secondary N) is 2. The second-order valence-corrected chi connectivity index (χ2v) is 13.0. The van der Waals surface area contributed by atoms with Crippen LogP contribution in [0.3, 0.4) is 0 Å². The van der Waals surface area contributed by atoms with Gasteiger partial charge in [-0.25, -0.2) is 9.59 Å². The second-order valence-electron chi connectivity index (χ2n) is 10.3. The molecule has 2 saturated carbocycles. The molecule has 2 rings (SSSR count). The summed E-state index contributed by atoms with van der Waals surface area (Å²) in [7, 11) is 3.04. The molecular formula is C26H44N2O8S2. The standard InChI is InChI=1S/C26H44N2O8S2/c1-2-34-22(31)18-26(11-7-4-8-12-26)20-28-24(33)36-14-16-38-37-15-13-35-23(32)27-19-25(17-21(29)30)9-5-3-6-10-25/h2-20H2,1H3,(H,27,32)(H,28,33)(H,29,30). The molecule has 0 radical (unpaired) electrons. The lowest BCUT2D eigenvalue weighted by Gasteiger charge is -2.36. The van der Waals surface area contributed by atoms with Crippen molar-refractivity contribution in [2.24, 2.45) is 10.8 Å². The molecule has 38 heavy (non-hydrogen) atoms. The molecule has 0 aromatic carbocycles. The molecule has 12 heteroatoms. The van der Waals surface area contributed by atoms with Crippen LogP contribution in [-0.4, -0.2) is 73.6 Å². The highest BCUT2D eigenvalue weighted by atomic mass is 33.1. The molecule has 10 nitrogen and oxygen atoms in total. The third kappa shape index (κ3) is 12.8. The van der Waals surface area contributed by atoms with Crippen molar-refractivity contribution in [3.63, 3.8) is 0 Å². The predicted octanol–water partition coefficient (Wildman–Crippen LogP) is 5.15. The highest BCUT2D eigenvalue weighted by molar-refractivity contribution is 8.76. The van der Waals surface area contributed by atoms with Gasteiger partial charge in [-0.1, -0.05) is 60.1 Å². The zero-order valence-corrected chi connectivity index (χ0v) is 24.2. The molecular weight excluding hydrogens is 532 g/mol. The van der Waals surface area contributed by atoms with E-state index in [1.165, 1.54) is 21.6 Å². The van der Waals surface area contributed by atoms with Crippen LogP contribution in [0, 0.1) is 10.8 Å². The van der Waals surface area contributed by atoms with E-state index in [0.717, 1.165) is 64.2 Å². The summed E-state index contributed by atoms with van der Waals surface area (Å²) in [6.07, 6.45) is 9.07. The summed E-state index contributed by atoms with van der Waals surface area (Å²) in [5.74, 6) is 0.126. The molecule has 0 bridgehead atoms. The van der Waals surface area contributed by atoms with E-state index >= 15 is 0 Å². The van der Waals surface area contributed by atoms with E-state index < -0.39 is 18.2 Å². The molecule has 0 saturated heterocycles. The average Bonchev–Trinajstić information content (AvgIpc) is 2.89. The van der Waals surface area contributed by atoms with E-state index in [-0.39, 0.29) is 36.4 Å². The largest absolute Gasteiger partial charge is 0.481 e. The second kappa shape index (κ2) is 17.7. The van der Waals surface area contributed by atoms with Crippen molar-refractivity contribution in [2.45, 2.75) is 84.0 Å². The van der Waals surface area contributed by atoms with Gasteiger partial charge < -0.3 is 30.0 Å². The monoisotopic (exact) mass is 576 g/mol. The molecule has 0 atom stereocenters. The molecule has 0 aromatic rings. The fourth-order valence-corrected chi connectivity index (χ4v) is 7.00. The van der Waals surface area contributed by atoms with Crippen LogP contribution >= 0.6 is 21.6 Å². The molecule has 3 N–H and O–H groups in total. The Morgan fingerprint density at radius 1 is 0.711 bits per heavy atom. The van der Waals surface area contributed by atoms with Gasteiger partial charge in [0, 0.05) is 24.6 Å². The molecule has 2 amide bonds. The first-order valence-electron chi connectivity index (χ1n) is 13.7. The molecule has 0 aliphatic heterocycles. The maximum absolute atomic E-state index is 12.1. The minimum atomic E-state index is -0.834. The van der Waals surface area contributed by atoms with Crippen LogP contribution in [-0.2, 0) is 23.8 Å². The van der Waals surface area contributed by atoms with E-state index in [4.69, 9.17) is 14.2 Å². The number of ether oxygens (including phenoxy) is 3. The molecule has 0 spiro atoms. The lowest BCUT2D eigenvalue weighted by Crippen LogP contribution is -2.41. The van der Waals surface area contributed by atoms with Crippen molar-refractivity contribution in [1.29, 1.82) is 0 Å². The van der Waals surface area contributed by atoms with Crippen molar-refractivity contribution in [3.05, 3.63) is 0 Å². The lowest BCUT2D eigenvalue weighted by atomic mass is 9.72. The topological polar surface area (TPSA) is 140 Å². The number of esters is 1. The smallest absolute Gasteiger partial charge is 0.407 e. The highest BCUT2D eigenvalue weighted by Crippen LogP contribution is 2.40. The number of carboxylic acid groups (broad SMARTS) is 1. The number of carbonyl (C=O) groups excluding carboxylic acids is 3. The third-order valence-electron chi connectivity index (χ3n) is 7.28. The van der Waals surface area contributed by atoms with Gasteiger partial charge in [0.05, 0.1) is 19.4 Å². The van der Waals surface area contributed by atoms with Crippen LogP contribution in [0.25, 0.3) is 0 Å². The number of hydrogen-bond acceptors (Lipinski definition) is 9. The van der Waals surface area contributed by atoms with Gasteiger partial charge in [-0.3, -0.25) is 9.59 Å². The SMILES string of the molecule is CCOC(=O)CC1(CNC(=O)OCCSSCCOC(=O)NCC2(CC(=O)O)CCCCC2)CCCCC1. The van der Waals surface area contributed by atoms with E-state index in [2.05, 4.69) is 10.6 Å². The summed E-state index contributed by atoms with van der Waals surface area (Å²) in [5, 5.41) is 14.8. The highest BCUT2D eigenvalue weighted by Gasteiger charge is 2.36. The predicted molar refractivity (Wildman–Crippen MR) is 148 cm³/mol. The fourth-order valence-electron chi connectivity index (χ4n) is 5.35. The first-order chi connectivity index (χ1) is 18.3. The van der Waals surface area contributed by atoms with Crippen molar-refractivity contribution < 1.29 is 38.5 Å². The zero-order chi connectivity index (χ0) is 27.7. The third-order valence-corrected chi connectivity index (χ3v) is 9.61. The molecule has 0 unspecified atom stereocenters. The van der Waals surface area contributed by atoms with Gasteiger partial charge in [-0.05, 0) is 43.4 Å². The Morgan fingerprint density at radius 3 is 1.58 bits per heavy atom. The Labute approximate surface area is 233 Å². The summed E-state index contributed by atoms with van der Waals surface area (Å²) in [6.45, 7) is 3.36. The van der Waals surface area contributed by atoms with E-state index in [9.17, 15) is 24.3 Å². The Kier molecular flexibility index (Phi) is 15.1. The number of carboxylic acids is 1. The summed E-state index contributed by atoms with van der Waals surface area (Å²) < 4.78 is 15.6. The molecule has 2 fully saturated rings. The number of aliphatic carboxylic acids is 1. The maximum Gasteiger partial charge on any atom is 0.407 e. The molecule has 2 aliphatic rings. The van der Waals surface area contributed by atoms with Gasteiger partial charge in [-0.15, -0.1) is 0 Å². The van der Waals surface area contributed by atoms with E-state index in [1.54, 1.807) is 6.92 Å². The summed E-state index contributed by atoms with van der Waals surface area (Å²) in [6, 6.07) is 0. The molecule has 2 aliphatic carbocycles. The van der Waals surface area contributed by atoms with Crippen LogP contribution in [0.2, 0.25) is 0 Å². The average molecular weight is 577 g/mol. The van der Waals surface area contributed by atoms with Crippen molar-refractivity contribution in [3.8, 4) is 0 Å². The van der Waals surface area contributed by atoms with Crippen molar-refractivity contribution >= 4 is 45.7 Å². The normalized spacial score (nSPS) is 18.1. The van der Waals surface area contributed by atoms with Gasteiger partial charge >= 0.3 is 24.1 Å². The van der Waals surface area contributed by atoms with Gasteiger partial charge in [0.1, 0.15) is 13.2 Å². The Balaban J connectivity index is 1.52. The lowest BCUT2D eigenvalue weighted by molar-refractivity contribution is -0.146. The van der Waals surface area contributed by atoms with Crippen LogP contribution in [0.1, 0.15) is 84.0 Å². The number of alkyl carbamates (subject to hydrolysis) is 2. The number of rotatable bonds is 16. The Bertz CT molecular complexity index is 756. The minimum absolute atomic E-state index is 0.0638. The maximum atomic E-state index is 12.1. The number of hydrogen-bond donors (Lipinski definition) is 3. The van der Waals surface area contributed by atoms with Crippen LogP contribution in [0.5, 0.6) is 0 Å². The van der Waals surface area contributed by atoms with Crippen LogP contribution < -0.4 is 10.6 Å². The molecule has 218 valence electrons. The van der Waals surface area contributed by atoms with Gasteiger partial charge in [0.2, 0.25) is 0 Å². The van der Waals surface area contributed by atoms with Gasteiger partial charge in [0.15, 0.2) is 0 Å². The van der Waals surface area contributed by atoms with Gasteiger partial charge in [0.25, 0.3) is 0 Å². The van der Waals surface area contributed by atoms with Crippen LogP contribution in [0.15, 0.2) is 0 Å². The summed E-state index contributed by atoms with van der Waals surface area (Å²) in [4.78, 5) is 47.5. The minimum Gasteiger partial charge on any atom is -0.481 e. The zero-order valence-electron chi connectivity index (χ0n) is 22.6. The Morgan fingerprint density at radius 2 is 1.16 bits per heavy atom. The first-order valence-corrected chi connectivity index (χ1v) is 16.2. The quantitative estimate of drug-likeness (QED) is 0.0978. The Hall–Kier alpha value is -1.82. The number of amides is 2. The van der Waals surface area contributed by atoms with Crippen molar-refractivity contribution in [2.75, 3.05) is 44.4 Å². The fraction of sp³-hybridized carbons (Fsp3) is 0.846. The summed E-state index contributed by atoms with van der Waals surface area (Å²) in [5.41, 5.74) is -0.633. The first kappa shape index (κ1) is 32.4. The van der Waals surface area contributed by atoms with Crippen molar-refractivity contribution in [1.82, 2.24) is 10.6 Å². The van der Waals surface area contributed by atoms with E-state index in [0.29, 0.717) is 37.6 Å². The summed E-state index contributed by atoms with van der Waals surface area (Å²) >= 11 is 0. The molecule has 0 aromatic heterocycles.